The molecule has 4 aromatic rings. The second kappa shape index (κ2) is 12.5. The van der Waals surface area contributed by atoms with E-state index in [4.69, 9.17) is 9.97 Å². The second-order valence-corrected chi connectivity index (χ2v) is 12.5. The van der Waals surface area contributed by atoms with E-state index in [0.29, 0.717) is 34.4 Å². The molecule has 1 aromatic carbocycles. The molecule has 1 fully saturated rings. The lowest BCUT2D eigenvalue weighted by molar-refractivity contribution is 0.585. The van der Waals surface area contributed by atoms with E-state index in [2.05, 4.69) is 64.0 Å². The van der Waals surface area contributed by atoms with Crippen molar-refractivity contribution < 1.29 is 4.39 Å². The van der Waals surface area contributed by atoms with Gasteiger partial charge in [-0.2, -0.15) is 0 Å². The Bertz CT molecular complexity index is 1430. The molecule has 11 heteroatoms. The summed E-state index contributed by atoms with van der Waals surface area (Å²) < 4.78 is 18.9. The van der Waals surface area contributed by atoms with Gasteiger partial charge in [0.15, 0.2) is 5.82 Å². The highest BCUT2D eigenvalue weighted by atomic mass is 32.2. The van der Waals surface area contributed by atoms with Crippen molar-refractivity contribution in [2.24, 2.45) is 0 Å². The van der Waals surface area contributed by atoms with Gasteiger partial charge in [0.25, 0.3) is 0 Å². The highest BCUT2D eigenvalue weighted by Crippen LogP contribution is 2.42. The number of piperazine rings is 1. The molecule has 3 aromatic heterocycles. The molecule has 5 rings (SSSR count). The van der Waals surface area contributed by atoms with Gasteiger partial charge >= 0.3 is 0 Å². The van der Waals surface area contributed by atoms with Crippen molar-refractivity contribution in [2.45, 2.75) is 39.5 Å². The van der Waals surface area contributed by atoms with Gasteiger partial charge in [0.2, 0.25) is 5.95 Å². The minimum absolute atomic E-state index is 0.203. The lowest BCUT2D eigenvalue weighted by Gasteiger charge is -2.29. The molecular formula is C29H35FN8S2. The Balaban J connectivity index is 1.45. The van der Waals surface area contributed by atoms with E-state index in [9.17, 15) is 0 Å². The first-order valence-corrected chi connectivity index (χ1v) is 15.3. The van der Waals surface area contributed by atoms with Crippen molar-refractivity contribution >= 4 is 46.4 Å². The zero-order chi connectivity index (χ0) is 28.1. The van der Waals surface area contributed by atoms with Crippen LogP contribution >= 0.6 is 23.3 Å². The van der Waals surface area contributed by atoms with Crippen molar-refractivity contribution in [3.05, 3.63) is 59.6 Å². The van der Waals surface area contributed by atoms with E-state index in [1.807, 2.05) is 24.4 Å². The Labute approximate surface area is 243 Å². The summed E-state index contributed by atoms with van der Waals surface area (Å²) in [6, 6.07) is 11.2. The van der Waals surface area contributed by atoms with Crippen LogP contribution in [-0.2, 0) is 5.41 Å². The topological polar surface area (TPSA) is 90.9 Å². The van der Waals surface area contributed by atoms with E-state index < -0.39 is 0 Å². The van der Waals surface area contributed by atoms with Crippen LogP contribution in [0.1, 0.15) is 39.1 Å². The number of aromatic nitrogens is 4. The average Bonchev–Trinajstić information content (AvgIpc) is 3.41. The van der Waals surface area contributed by atoms with Crippen LogP contribution in [0.15, 0.2) is 48.8 Å². The van der Waals surface area contributed by atoms with Gasteiger partial charge in [-0.15, -0.1) is 11.3 Å². The average molecular weight is 579 g/mol. The smallest absolute Gasteiger partial charge is 0.228 e. The van der Waals surface area contributed by atoms with Gasteiger partial charge in [-0.1, -0.05) is 45.7 Å². The quantitative estimate of drug-likeness (QED) is 0.148. The van der Waals surface area contributed by atoms with Crippen molar-refractivity contribution in [3.8, 4) is 21.8 Å². The number of hydrogen-bond donors (Lipinski definition) is 3. The van der Waals surface area contributed by atoms with Gasteiger partial charge in [0.05, 0.1) is 38.8 Å². The predicted molar refractivity (Wildman–Crippen MR) is 166 cm³/mol. The number of halogens is 1. The normalized spacial score (nSPS) is 13.9. The molecule has 0 atom stereocenters. The number of anilines is 4. The lowest BCUT2D eigenvalue weighted by atomic mass is 9.98. The molecule has 4 heterocycles. The molecule has 40 heavy (non-hydrogen) atoms. The zero-order valence-electron chi connectivity index (χ0n) is 23.3. The van der Waals surface area contributed by atoms with Crippen LogP contribution in [0.5, 0.6) is 0 Å². The van der Waals surface area contributed by atoms with Gasteiger partial charge in [0.1, 0.15) is 5.82 Å². The lowest BCUT2D eigenvalue weighted by Crippen LogP contribution is -2.43. The number of rotatable bonds is 9. The van der Waals surface area contributed by atoms with Gasteiger partial charge in [0, 0.05) is 49.1 Å². The summed E-state index contributed by atoms with van der Waals surface area (Å²) in [5.41, 5.74) is 3.05. The van der Waals surface area contributed by atoms with E-state index >= 15 is 4.39 Å². The van der Waals surface area contributed by atoms with Gasteiger partial charge in [-0.25, -0.2) is 24.3 Å². The first kappa shape index (κ1) is 28.3. The summed E-state index contributed by atoms with van der Waals surface area (Å²) in [7, 11) is 0. The summed E-state index contributed by atoms with van der Waals surface area (Å²) in [4.78, 5) is 21.8. The Morgan fingerprint density at radius 3 is 2.62 bits per heavy atom. The summed E-state index contributed by atoms with van der Waals surface area (Å²) in [6.45, 7) is 12.3. The van der Waals surface area contributed by atoms with Crippen LogP contribution < -0.4 is 20.3 Å². The highest BCUT2D eigenvalue weighted by Gasteiger charge is 2.26. The van der Waals surface area contributed by atoms with E-state index in [1.165, 1.54) is 23.3 Å². The fourth-order valence-electron chi connectivity index (χ4n) is 4.25. The first-order valence-electron chi connectivity index (χ1n) is 13.5. The first-order chi connectivity index (χ1) is 19.3. The molecule has 8 nitrogen and oxygen atoms in total. The molecule has 0 amide bonds. The Kier molecular flexibility index (Phi) is 8.82. The minimum Gasteiger partial charge on any atom is -0.368 e. The van der Waals surface area contributed by atoms with Gasteiger partial charge < -0.3 is 20.3 Å². The van der Waals surface area contributed by atoms with Gasteiger partial charge in [-0.3, -0.25) is 0 Å². The maximum Gasteiger partial charge on any atom is 0.228 e. The number of thiazole rings is 1. The third kappa shape index (κ3) is 6.54. The molecule has 3 N–H and O–H groups in total. The van der Waals surface area contributed by atoms with Crippen LogP contribution in [0, 0.1) is 5.82 Å². The summed E-state index contributed by atoms with van der Waals surface area (Å²) >= 11 is 3.03. The van der Waals surface area contributed by atoms with Crippen LogP contribution in [0.2, 0.25) is 0 Å². The van der Waals surface area contributed by atoms with Crippen molar-refractivity contribution in [1.82, 2.24) is 25.3 Å². The van der Waals surface area contributed by atoms with Crippen LogP contribution in [-0.4, -0.2) is 51.9 Å². The monoisotopic (exact) mass is 578 g/mol. The second-order valence-electron chi connectivity index (χ2n) is 10.6. The van der Waals surface area contributed by atoms with Crippen molar-refractivity contribution in [3.63, 3.8) is 0 Å². The van der Waals surface area contributed by atoms with Crippen molar-refractivity contribution in [1.29, 1.82) is 0 Å². The maximum absolute atomic E-state index is 15.7. The minimum atomic E-state index is -0.320. The fourth-order valence-corrected chi connectivity index (χ4v) is 5.98. The molecular weight excluding hydrogens is 544 g/mol. The van der Waals surface area contributed by atoms with E-state index in [1.54, 1.807) is 18.3 Å². The predicted octanol–water partition coefficient (Wildman–Crippen LogP) is 6.72. The molecule has 0 saturated carbocycles. The molecule has 0 bridgehead atoms. The summed E-state index contributed by atoms with van der Waals surface area (Å²) in [6.07, 6.45) is 4.58. The SMILES string of the molecule is CCCSNc1cccc(-c2nc(C(C)(C)C)sc2-c2ccnc(Nc3ccc(N4CCNCC4)cn3)n2)c1F. The molecule has 0 unspecified atom stereocenters. The van der Waals surface area contributed by atoms with Gasteiger partial charge in [-0.05, 0) is 36.8 Å². The molecule has 1 saturated heterocycles. The molecule has 1 aliphatic heterocycles. The molecule has 0 aliphatic carbocycles. The third-order valence-electron chi connectivity index (χ3n) is 6.37. The molecule has 0 radical (unpaired) electrons. The van der Waals surface area contributed by atoms with Crippen LogP contribution in [0.4, 0.5) is 27.5 Å². The summed E-state index contributed by atoms with van der Waals surface area (Å²) in [5.74, 6) is 1.65. The summed E-state index contributed by atoms with van der Waals surface area (Å²) in [5, 5.41) is 7.50. The highest BCUT2D eigenvalue weighted by molar-refractivity contribution is 8.00. The number of benzene rings is 1. The largest absolute Gasteiger partial charge is 0.368 e. The zero-order valence-corrected chi connectivity index (χ0v) is 24.9. The number of pyridine rings is 1. The van der Waals surface area contributed by atoms with Crippen LogP contribution in [0.25, 0.3) is 21.8 Å². The van der Waals surface area contributed by atoms with E-state index in [-0.39, 0.29) is 11.2 Å². The van der Waals surface area contributed by atoms with E-state index in [0.717, 1.165) is 53.9 Å². The number of hydrogen-bond acceptors (Lipinski definition) is 10. The van der Waals surface area contributed by atoms with Crippen LogP contribution in [0.3, 0.4) is 0 Å². The Morgan fingerprint density at radius 2 is 1.90 bits per heavy atom. The molecule has 210 valence electrons. The molecule has 0 spiro atoms. The third-order valence-corrected chi connectivity index (χ3v) is 8.85. The Hall–Kier alpha value is -3.28. The standard InChI is InChI=1S/C29H35FN8S2/c1-5-17-39-37-21-8-6-7-20(24(21)30)25-26(40-27(36-25)29(2,3)4)22-11-12-32-28(34-22)35-23-10-9-19(18-33-23)38-15-13-31-14-16-38/h6-12,18,31,37H,5,13-17H2,1-4H3,(H,32,33,34,35). The van der Waals surface area contributed by atoms with Crippen molar-refractivity contribution in [2.75, 3.05) is 46.9 Å². The fraction of sp³-hybridized carbons (Fsp3) is 0.379. The Morgan fingerprint density at radius 1 is 1.07 bits per heavy atom. The molecule has 1 aliphatic rings. The number of nitrogens with one attached hydrogen (secondary N) is 3. The maximum atomic E-state index is 15.7. The number of nitrogens with zero attached hydrogens (tertiary/aromatic N) is 5.